The molecule has 90 valence electrons. The molecule has 16 heavy (non-hydrogen) atoms. The monoisotopic (exact) mass is 241 g/mol. The molecule has 0 aliphatic rings. The minimum absolute atomic E-state index is 0.0774. The predicted molar refractivity (Wildman–Crippen MR) is 67.7 cm³/mol. The van der Waals surface area contributed by atoms with Gasteiger partial charge < -0.3 is 11.1 Å². The van der Waals surface area contributed by atoms with Crippen molar-refractivity contribution in [1.29, 1.82) is 0 Å². The highest BCUT2D eigenvalue weighted by atomic mass is 32.1. The quantitative estimate of drug-likeness (QED) is 0.846. The van der Waals surface area contributed by atoms with Crippen molar-refractivity contribution in [3.63, 3.8) is 0 Å². The summed E-state index contributed by atoms with van der Waals surface area (Å²) in [6.07, 6.45) is 0.887. The average Bonchev–Trinajstić information content (AvgIpc) is 2.58. The number of aryl methyl sites for hydroxylation is 2. The Morgan fingerprint density at radius 3 is 2.62 bits per heavy atom. The van der Waals surface area contributed by atoms with E-state index in [9.17, 15) is 4.79 Å². The van der Waals surface area contributed by atoms with Crippen LogP contribution in [0.5, 0.6) is 0 Å². The third-order valence-corrected chi connectivity index (χ3v) is 3.50. The number of nitrogens with zero attached hydrogens (tertiary/aromatic N) is 1. The van der Waals surface area contributed by atoms with Gasteiger partial charge in [0.15, 0.2) is 5.13 Å². The summed E-state index contributed by atoms with van der Waals surface area (Å²) in [4.78, 5) is 17.4. The molecule has 3 N–H and O–H groups in total. The van der Waals surface area contributed by atoms with Gasteiger partial charge in [0.25, 0.3) is 0 Å². The Balaban J connectivity index is 2.77. The molecular formula is C11H19N3OS. The molecular weight excluding hydrogens is 222 g/mol. The zero-order valence-electron chi connectivity index (χ0n) is 10.3. The molecule has 0 radical (unpaired) electrons. The zero-order chi connectivity index (χ0) is 12.3. The Labute approximate surface area is 100 Å². The Hall–Kier alpha value is -0.940. The summed E-state index contributed by atoms with van der Waals surface area (Å²) in [5.74, 6) is -0.0774. The molecule has 0 fully saturated rings. The summed E-state index contributed by atoms with van der Waals surface area (Å²) >= 11 is 1.51. The second-order valence-electron chi connectivity index (χ2n) is 4.42. The lowest BCUT2D eigenvalue weighted by molar-refractivity contribution is -0.123. The van der Waals surface area contributed by atoms with Crippen LogP contribution in [0.3, 0.4) is 0 Å². The van der Waals surface area contributed by atoms with E-state index in [4.69, 9.17) is 5.73 Å². The van der Waals surface area contributed by atoms with Crippen LogP contribution in [0.25, 0.3) is 0 Å². The minimum Gasteiger partial charge on any atom is -0.329 e. The number of anilines is 1. The predicted octanol–water partition coefficient (Wildman–Crippen LogP) is 1.94. The second-order valence-corrected chi connectivity index (χ2v) is 5.62. The Bertz CT molecular complexity index is 385. The van der Waals surface area contributed by atoms with Crippen molar-refractivity contribution in [3.8, 4) is 0 Å². The maximum atomic E-state index is 11.8. The molecule has 1 amide bonds. The molecule has 0 aromatic carbocycles. The van der Waals surface area contributed by atoms with Gasteiger partial charge in [0.1, 0.15) is 0 Å². The van der Waals surface area contributed by atoms with Crippen molar-refractivity contribution in [3.05, 3.63) is 10.6 Å². The first-order valence-electron chi connectivity index (χ1n) is 5.38. The number of carbonyl (C=O) groups excluding carboxylic acids is 1. The van der Waals surface area contributed by atoms with E-state index in [0.717, 1.165) is 17.0 Å². The molecule has 0 saturated heterocycles. The van der Waals surface area contributed by atoms with Crippen LogP contribution in [0.15, 0.2) is 0 Å². The van der Waals surface area contributed by atoms with Gasteiger partial charge in [-0.1, -0.05) is 6.92 Å². The van der Waals surface area contributed by atoms with E-state index in [2.05, 4.69) is 17.2 Å². The number of amides is 1. The molecule has 0 unspecified atom stereocenters. The molecule has 1 aromatic rings. The smallest absolute Gasteiger partial charge is 0.233 e. The molecule has 5 heteroatoms. The van der Waals surface area contributed by atoms with Crippen LogP contribution in [0.4, 0.5) is 5.13 Å². The summed E-state index contributed by atoms with van der Waals surface area (Å²) < 4.78 is 0. The average molecular weight is 241 g/mol. The van der Waals surface area contributed by atoms with Gasteiger partial charge in [-0.15, -0.1) is 11.3 Å². The van der Waals surface area contributed by atoms with Crippen molar-refractivity contribution in [2.75, 3.05) is 11.9 Å². The summed E-state index contributed by atoms with van der Waals surface area (Å²) in [5.41, 5.74) is 6.04. The lowest BCUT2D eigenvalue weighted by atomic mass is 9.93. The lowest BCUT2D eigenvalue weighted by Gasteiger charge is -2.19. The first-order chi connectivity index (χ1) is 7.40. The van der Waals surface area contributed by atoms with Gasteiger partial charge in [-0.25, -0.2) is 4.98 Å². The zero-order valence-corrected chi connectivity index (χ0v) is 11.1. The minimum atomic E-state index is -0.550. The Kier molecular flexibility index (Phi) is 4.04. The fraction of sp³-hybridized carbons (Fsp3) is 0.636. The molecule has 0 aliphatic heterocycles. The van der Waals surface area contributed by atoms with Gasteiger partial charge >= 0.3 is 0 Å². The molecule has 1 heterocycles. The first-order valence-corrected chi connectivity index (χ1v) is 6.20. The van der Waals surface area contributed by atoms with Crippen molar-refractivity contribution in [2.24, 2.45) is 11.1 Å². The van der Waals surface area contributed by atoms with Crippen molar-refractivity contribution in [1.82, 2.24) is 4.98 Å². The number of nitrogens with one attached hydrogen (secondary N) is 1. The van der Waals surface area contributed by atoms with Gasteiger partial charge in [-0.05, 0) is 27.2 Å². The lowest BCUT2D eigenvalue weighted by Crippen LogP contribution is -2.37. The van der Waals surface area contributed by atoms with E-state index in [-0.39, 0.29) is 5.91 Å². The summed E-state index contributed by atoms with van der Waals surface area (Å²) in [6.45, 7) is 8.04. The molecule has 4 nitrogen and oxygen atoms in total. The summed E-state index contributed by atoms with van der Waals surface area (Å²) in [7, 11) is 0. The van der Waals surface area contributed by atoms with E-state index in [0.29, 0.717) is 11.7 Å². The number of hydrogen-bond acceptors (Lipinski definition) is 4. The fourth-order valence-corrected chi connectivity index (χ4v) is 2.07. The number of hydrogen-bond donors (Lipinski definition) is 2. The highest BCUT2D eigenvalue weighted by Crippen LogP contribution is 2.24. The number of carbonyl (C=O) groups is 1. The molecule has 0 atom stereocenters. The number of thiazole rings is 1. The van der Waals surface area contributed by atoms with Gasteiger partial charge in [0.05, 0.1) is 11.1 Å². The van der Waals surface area contributed by atoms with Crippen LogP contribution >= 0.6 is 11.3 Å². The normalized spacial score (nSPS) is 11.6. The van der Waals surface area contributed by atoms with E-state index in [1.54, 1.807) is 0 Å². The van der Waals surface area contributed by atoms with Crippen molar-refractivity contribution < 1.29 is 4.79 Å². The maximum Gasteiger partial charge on any atom is 0.233 e. The largest absolute Gasteiger partial charge is 0.329 e. The van der Waals surface area contributed by atoms with Crippen LogP contribution in [0.1, 0.15) is 31.3 Å². The molecule has 0 aliphatic carbocycles. The third kappa shape index (κ3) is 2.80. The van der Waals surface area contributed by atoms with E-state index in [1.165, 1.54) is 11.3 Å². The number of rotatable bonds is 4. The molecule has 0 bridgehead atoms. The van der Waals surface area contributed by atoms with Crippen LogP contribution in [0, 0.1) is 12.3 Å². The van der Waals surface area contributed by atoms with Gasteiger partial charge in [0, 0.05) is 11.4 Å². The topological polar surface area (TPSA) is 68.0 Å². The number of aromatic nitrogens is 1. The highest BCUT2D eigenvalue weighted by molar-refractivity contribution is 7.15. The molecule has 0 spiro atoms. The van der Waals surface area contributed by atoms with Crippen LogP contribution < -0.4 is 11.1 Å². The van der Waals surface area contributed by atoms with E-state index in [1.807, 2.05) is 20.8 Å². The first kappa shape index (κ1) is 13.1. The highest BCUT2D eigenvalue weighted by Gasteiger charge is 2.26. The molecule has 1 aromatic heterocycles. The third-order valence-electron chi connectivity index (χ3n) is 2.57. The second kappa shape index (κ2) is 4.93. The van der Waals surface area contributed by atoms with Crippen LogP contribution in [-0.2, 0) is 11.2 Å². The maximum absolute atomic E-state index is 11.8. The van der Waals surface area contributed by atoms with Crippen molar-refractivity contribution >= 4 is 22.4 Å². The van der Waals surface area contributed by atoms with E-state index >= 15 is 0 Å². The van der Waals surface area contributed by atoms with Gasteiger partial charge in [0.2, 0.25) is 5.91 Å². The SMILES string of the molecule is CCc1nc(NC(=O)C(C)(C)CN)sc1C. The summed E-state index contributed by atoms with van der Waals surface area (Å²) in [6, 6.07) is 0. The fourth-order valence-electron chi connectivity index (χ4n) is 1.17. The van der Waals surface area contributed by atoms with Crippen molar-refractivity contribution in [2.45, 2.75) is 34.1 Å². The Morgan fingerprint density at radius 2 is 2.19 bits per heavy atom. The Morgan fingerprint density at radius 1 is 1.56 bits per heavy atom. The van der Waals surface area contributed by atoms with Crippen LogP contribution in [0.2, 0.25) is 0 Å². The summed E-state index contributed by atoms with van der Waals surface area (Å²) in [5, 5.41) is 3.48. The van der Waals surface area contributed by atoms with Gasteiger partial charge in [-0.3, -0.25) is 4.79 Å². The molecule has 0 saturated carbocycles. The number of nitrogens with two attached hydrogens (primary N) is 1. The van der Waals surface area contributed by atoms with Gasteiger partial charge in [-0.2, -0.15) is 0 Å². The van der Waals surface area contributed by atoms with E-state index < -0.39 is 5.41 Å². The standard InChI is InChI=1S/C11H19N3OS/c1-5-8-7(2)16-10(13-8)14-9(15)11(3,4)6-12/h5-6,12H2,1-4H3,(H,13,14,15). The molecule has 1 rings (SSSR count). The van der Waals surface area contributed by atoms with Crippen LogP contribution in [-0.4, -0.2) is 17.4 Å².